The number of hydrogen-bond acceptors (Lipinski definition) is 6. The van der Waals surface area contributed by atoms with Crippen molar-refractivity contribution in [3.8, 4) is 17.4 Å². The Bertz CT molecular complexity index is 1040. The van der Waals surface area contributed by atoms with Gasteiger partial charge in [0.15, 0.2) is 0 Å². The van der Waals surface area contributed by atoms with E-state index in [0.717, 1.165) is 0 Å². The van der Waals surface area contributed by atoms with E-state index in [2.05, 4.69) is 5.32 Å². The normalized spacial score (nSPS) is 11.0. The number of nitrogens with one attached hydrogen (secondary N) is 1. The maximum absolute atomic E-state index is 12.1. The van der Waals surface area contributed by atoms with Crippen molar-refractivity contribution in [1.29, 1.82) is 5.26 Å². The number of carbonyl (C=O) groups excluding carboxylic acids is 1. The van der Waals surface area contributed by atoms with Gasteiger partial charge in [-0.05, 0) is 30.3 Å². The summed E-state index contributed by atoms with van der Waals surface area (Å²) in [7, 11) is 0. The summed E-state index contributed by atoms with van der Waals surface area (Å²) in [4.78, 5) is 22.7. The molecular formula is C19H13N3O5. The summed E-state index contributed by atoms with van der Waals surface area (Å²) in [6.07, 6.45) is 2.76. The van der Waals surface area contributed by atoms with Crippen molar-refractivity contribution < 1.29 is 18.6 Å². The van der Waals surface area contributed by atoms with Crippen LogP contribution in [0.2, 0.25) is 0 Å². The molecular weight excluding hydrogens is 350 g/mol. The van der Waals surface area contributed by atoms with Crippen molar-refractivity contribution in [2.45, 2.75) is 6.54 Å². The second-order valence-corrected chi connectivity index (χ2v) is 5.41. The number of nitro benzene ring substituents is 1. The largest absolute Gasteiger partial charge is 0.467 e. The molecule has 0 fully saturated rings. The first kappa shape index (κ1) is 17.7. The van der Waals surface area contributed by atoms with Gasteiger partial charge in [0, 0.05) is 12.1 Å². The van der Waals surface area contributed by atoms with Gasteiger partial charge in [-0.2, -0.15) is 5.26 Å². The fraction of sp³-hybridized carbons (Fsp3) is 0.0526. The second-order valence-electron chi connectivity index (χ2n) is 5.41. The van der Waals surface area contributed by atoms with Crippen LogP contribution in [0.3, 0.4) is 0 Å². The van der Waals surface area contributed by atoms with E-state index in [1.807, 2.05) is 6.07 Å². The highest BCUT2D eigenvalue weighted by atomic mass is 16.6. The Labute approximate surface area is 153 Å². The van der Waals surface area contributed by atoms with Crippen LogP contribution in [-0.4, -0.2) is 10.8 Å². The highest BCUT2D eigenvalue weighted by Gasteiger charge is 2.17. The van der Waals surface area contributed by atoms with E-state index in [-0.39, 0.29) is 29.3 Å². The molecule has 0 saturated heterocycles. The number of nitrogens with zero attached hydrogens (tertiary/aromatic N) is 2. The fourth-order valence-electron chi connectivity index (χ4n) is 2.38. The Morgan fingerprint density at radius 2 is 2.04 bits per heavy atom. The lowest BCUT2D eigenvalue weighted by molar-refractivity contribution is -0.384. The molecule has 27 heavy (non-hydrogen) atoms. The van der Waals surface area contributed by atoms with Gasteiger partial charge in [0.2, 0.25) is 0 Å². The predicted octanol–water partition coefficient (Wildman–Crippen LogP) is 3.67. The molecule has 1 aromatic carbocycles. The van der Waals surface area contributed by atoms with Gasteiger partial charge in [0.05, 0.1) is 23.3 Å². The smallest absolute Gasteiger partial charge is 0.280 e. The van der Waals surface area contributed by atoms with Crippen molar-refractivity contribution in [1.82, 2.24) is 5.32 Å². The van der Waals surface area contributed by atoms with E-state index in [1.54, 1.807) is 36.4 Å². The summed E-state index contributed by atoms with van der Waals surface area (Å²) in [6.45, 7) is 0.143. The van der Waals surface area contributed by atoms with Crippen molar-refractivity contribution in [3.63, 3.8) is 0 Å². The third-order valence-electron chi connectivity index (χ3n) is 3.65. The van der Waals surface area contributed by atoms with Crippen LogP contribution in [0.4, 0.5) is 5.69 Å². The zero-order valence-electron chi connectivity index (χ0n) is 13.9. The van der Waals surface area contributed by atoms with Crippen LogP contribution in [0.15, 0.2) is 69.2 Å². The molecule has 0 atom stereocenters. The van der Waals surface area contributed by atoms with Gasteiger partial charge in [-0.15, -0.1) is 0 Å². The van der Waals surface area contributed by atoms with Gasteiger partial charge < -0.3 is 14.2 Å². The SMILES string of the molecule is N#CC(=Cc1ccc(-c2ccccc2[N+](=O)[O-])o1)C(=O)NCc1ccco1. The molecule has 0 aliphatic carbocycles. The van der Waals surface area contributed by atoms with Crippen LogP contribution >= 0.6 is 0 Å². The first-order valence-corrected chi connectivity index (χ1v) is 7.84. The molecule has 0 bridgehead atoms. The number of furan rings is 2. The Morgan fingerprint density at radius 3 is 2.74 bits per heavy atom. The van der Waals surface area contributed by atoms with Crippen molar-refractivity contribution in [3.05, 3.63) is 82.0 Å². The van der Waals surface area contributed by atoms with Gasteiger partial charge in [-0.25, -0.2) is 0 Å². The number of benzene rings is 1. The molecule has 0 radical (unpaired) electrons. The Hall–Kier alpha value is -4.12. The Balaban J connectivity index is 1.80. The Kier molecular flexibility index (Phi) is 5.14. The summed E-state index contributed by atoms with van der Waals surface area (Å²) in [5, 5.41) is 22.9. The summed E-state index contributed by atoms with van der Waals surface area (Å²) >= 11 is 0. The lowest BCUT2D eigenvalue weighted by atomic mass is 10.1. The third kappa shape index (κ3) is 4.11. The van der Waals surface area contributed by atoms with Crippen molar-refractivity contribution >= 4 is 17.7 Å². The first-order valence-electron chi connectivity index (χ1n) is 7.84. The minimum absolute atomic E-state index is 0.0981. The molecule has 1 amide bonds. The summed E-state index contributed by atoms with van der Waals surface area (Å²) in [6, 6.07) is 14.4. The molecule has 0 unspecified atom stereocenters. The maximum atomic E-state index is 12.1. The molecule has 3 aromatic rings. The summed E-state index contributed by atoms with van der Waals surface area (Å²) in [5.74, 6) is 0.463. The molecule has 0 spiro atoms. The zero-order valence-corrected chi connectivity index (χ0v) is 13.9. The predicted molar refractivity (Wildman–Crippen MR) is 94.9 cm³/mol. The van der Waals surface area contributed by atoms with Crippen LogP contribution in [0.25, 0.3) is 17.4 Å². The van der Waals surface area contributed by atoms with E-state index in [4.69, 9.17) is 8.83 Å². The summed E-state index contributed by atoms with van der Waals surface area (Å²) < 4.78 is 10.7. The molecule has 2 aromatic heterocycles. The number of carbonyl (C=O) groups is 1. The molecule has 2 heterocycles. The van der Waals surface area contributed by atoms with E-state index >= 15 is 0 Å². The molecule has 0 saturated carbocycles. The second kappa shape index (κ2) is 7.84. The first-order chi connectivity index (χ1) is 13.1. The van der Waals surface area contributed by atoms with Crippen LogP contribution in [0.5, 0.6) is 0 Å². The molecule has 8 nitrogen and oxygen atoms in total. The highest BCUT2D eigenvalue weighted by molar-refractivity contribution is 6.01. The van der Waals surface area contributed by atoms with E-state index in [1.165, 1.54) is 24.5 Å². The monoisotopic (exact) mass is 363 g/mol. The number of hydrogen-bond donors (Lipinski definition) is 1. The molecule has 1 N–H and O–H groups in total. The zero-order chi connectivity index (χ0) is 19.2. The van der Waals surface area contributed by atoms with Gasteiger partial charge in [0.1, 0.15) is 28.9 Å². The highest BCUT2D eigenvalue weighted by Crippen LogP contribution is 2.31. The molecule has 3 rings (SSSR count). The summed E-state index contributed by atoms with van der Waals surface area (Å²) in [5.41, 5.74) is 0.0482. The van der Waals surface area contributed by atoms with E-state index < -0.39 is 10.8 Å². The van der Waals surface area contributed by atoms with Crippen LogP contribution in [-0.2, 0) is 11.3 Å². The van der Waals surface area contributed by atoms with Gasteiger partial charge in [0.25, 0.3) is 11.6 Å². The third-order valence-corrected chi connectivity index (χ3v) is 3.65. The maximum Gasteiger partial charge on any atom is 0.280 e. The lowest BCUT2D eigenvalue weighted by Gasteiger charge is -2.01. The van der Waals surface area contributed by atoms with E-state index in [0.29, 0.717) is 11.3 Å². The van der Waals surface area contributed by atoms with Crippen LogP contribution in [0, 0.1) is 21.4 Å². The molecule has 0 aliphatic heterocycles. The van der Waals surface area contributed by atoms with Crippen LogP contribution < -0.4 is 5.32 Å². The Morgan fingerprint density at radius 1 is 1.22 bits per heavy atom. The number of para-hydroxylation sites is 1. The quantitative estimate of drug-likeness (QED) is 0.308. The van der Waals surface area contributed by atoms with Gasteiger partial charge in [-0.3, -0.25) is 14.9 Å². The minimum atomic E-state index is -0.586. The standard InChI is InChI=1S/C19H13N3O5/c20-11-13(19(23)21-12-15-4-3-9-26-15)10-14-7-8-18(27-14)16-5-1-2-6-17(16)22(24)25/h1-10H,12H2,(H,21,23). The average Bonchev–Trinajstić information content (AvgIpc) is 3.36. The minimum Gasteiger partial charge on any atom is -0.467 e. The number of nitro groups is 1. The van der Waals surface area contributed by atoms with Crippen LogP contribution in [0.1, 0.15) is 11.5 Å². The van der Waals surface area contributed by atoms with Gasteiger partial charge in [-0.1, -0.05) is 12.1 Å². The molecule has 134 valence electrons. The van der Waals surface area contributed by atoms with E-state index in [9.17, 15) is 20.2 Å². The number of rotatable bonds is 6. The number of nitriles is 1. The van der Waals surface area contributed by atoms with Crippen molar-refractivity contribution in [2.24, 2.45) is 0 Å². The fourth-order valence-corrected chi connectivity index (χ4v) is 2.38. The topological polar surface area (TPSA) is 122 Å². The average molecular weight is 363 g/mol. The van der Waals surface area contributed by atoms with Gasteiger partial charge >= 0.3 is 0 Å². The number of amides is 1. The molecule has 8 heteroatoms. The van der Waals surface area contributed by atoms with Crippen molar-refractivity contribution in [2.75, 3.05) is 0 Å². The molecule has 0 aliphatic rings. The lowest BCUT2D eigenvalue weighted by Crippen LogP contribution is -2.23.